The first kappa shape index (κ1) is 30.0. The van der Waals surface area contributed by atoms with Gasteiger partial charge in [-0.25, -0.2) is 24.9 Å². The van der Waals surface area contributed by atoms with E-state index >= 15 is 0 Å². The lowest BCUT2D eigenvalue weighted by molar-refractivity contribution is 0.472. The first-order valence-electron chi connectivity index (χ1n) is 15.6. The molecule has 4 aromatic carbocycles. The third-order valence-corrected chi connectivity index (χ3v) is 8.32. The van der Waals surface area contributed by atoms with Crippen molar-refractivity contribution >= 4 is 0 Å². The Morgan fingerprint density at radius 3 is 1.56 bits per heavy atom. The fourth-order valence-electron chi connectivity index (χ4n) is 5.05. The number of benzene rings is 4. The van der Waals surface area contributed by atoms with Crippen LogP contribution in [0.4, 0.5) is 0 Å². The maximum atomic E-state index is 5.02. The van der Waals surface area contributed by atoms with Gasteiger partial charge in [0, 0.05) is 33.1 Å². The summed E-state index contributed by atoms with van der Waals surface area (Å²) < 4.78 is 0. The van der Waals surface area contributed by atoms with Crippen LogP contribution < -0.4 is 0 Å². The molecule has 5 nitrogen and oxygen atoms in total. The van der Waals surface area contributed by atoms with Gasteiger partial charge in [-0.3, -0.25) is 0 Å². The molecule has 45 heavy (non-hydrogen) atoms. The van der Waals surface area contributed by atoms with E-state index in [1.807, 2.05) is 48.5 Å². The predicted molar refractivity (Wildman–Crippen MR) is 185 cm³/mol. The average Bonchev–Trinajstić information content (AvgIpc) is 3.08. The minimum Gasteiger partial charge on any atom is -0.232 e. The van der Waals surface area contributed by atoms with Crippen LogP contribution in [0, 0.1) is 0 Å². The standard InChI is InChI=1S/C40H39N5/c1-7-40(5,6)38-44-35(29-17-12-9-13-18-29)43-36(45-38)30-23-21-27(22-24-30)31-19-14-20-32(25-31)37-41-33(28-15-10-8-11-16-28)26-34(42-37)39(2,3)4/h8-26H,7H2,1-6H3. The quantitative estimate of drug-likeness (QED) is 0.185. The molecule has 0 saturated carbocycles. The van der Waals surface area contributed by atoms with Gasteiger partial charge in [-0.05, 0) is 29.7 Å². The predicted octanol–water partition coefficient (Wildman–Crippen LogP) is 9.98. The Kier molecular flexibility index (Phi) is 8.11. The Morgan fingerprint density at radius 2 is 0.956 bits per heavy atom. The summed E-state index contributed by atoms with van der Waals surface area (Å²) in [6.07, 6.45) is 0.926. The molecule has 0 amide bonds. The fraction of sp³-hybridized carbons (Fsp3) is 0.225. The highest BCUT2D eigenvalue weighted by Crippen LogP contribution is 2.32. The van der Waals surface area contributed by atoms with Gasteiger partial charge < -0.3 is 0 Å². The normalized spacial score (nSPS) is 11.9. The van der Waals surface area contributed by atoms with Crippen LogP contribution in [0.5, 0.6) is 0 Å². The molecule has 2 heterocycles. The maximum Gasteiger partial charge on any atom is 0.163 e. The van der Waals surface area contributed by atoms with E-state index < -0.39 is 0 Å². The van der Waals surface area contributed by atoms with E-state index in [0.29, 0.717) is 11.6 Å². The highest BCUT2D eigenvalue weighted by molar-refractivity contribution is 5.73. The third-order valence-electron chi connectivity index (χ3n) is 8.32. The number of hydrogen-bond donors (Lipinski definition) is 0. The molecule has 6 aromatic rings. The zero-order valence-corrected chi connectivity index (χ0v) is 26.9. The molecule has 0 bridgehead atoms. The number of nitrogens with zero attached hydrogens (tertiary/aromatic N) is 5. The summed E-state index contributed by atoms with van der Waals surface area (Å²) in [4.78, 5) is 24.8. The van der Waals surface area contributed by atoms with Crippen molar-refractivity contribution in [3.05, 3.63) is 127 Å². The lowest BCUT2D eigenvalue weighted by Gasteiger charge is -2.22. The van der Waals surface area contributed by atoms with Gasteiger partial charge in [0.1, 0.15) is 5.82 Å². The second-order valence-corrected chi connectivity index (χ2v) is 13.1. The molecule has 5 heteroatoms. The lowest BCUT2D eigenvalue weighted by atomic mass is 9.89. The van der Waals surface area contributed by atoms with E-state index in [2.05, 4.69) is 108 Å². The van der Waals surface area contributed by atoms with Gasteiger partial charge in [-0.1, -0.05) is 145 Å². The van der Waals surface area contributed by atoms with Crippen molar-refractivity contribution in [2.24, 2.45) is 0 Å². The first-order valence-corrected chi connectivity index (χ1v) is 15.6. The molecule has 2 aromatic heterocycles. The fourth-order valence-corrected chi connectivity index (χ4v) is 5.05. The molecule has 0 aliphatic heterocycles. The van der Waals surface area contributed by atoms with Crippen molar-refractivity contribution < 1.29 is 0 Å². The van der Waals surface area contributed by atoms with Gasteiger partial charge in [-0.2, -0.15) is 0 Å². The molecule has 0 unspecified atom stereocenters. The average molecular weight is 590 g/mol. The maximum absolute atomic E-state index is 5.02. The molecular weight excluding hydrogens is 550 g/mol. The molecule has 0 fully saturated rings. The minimum absolute atomic E-state index is 0.115. The number of rotatable bonds is 7. The van der Waals surface area contributed by atoms with Crippen LogP contribution in [0.15, 0.2) is 115 Å². The van der Waals surface area contributed by atoms with Crippen molar-refractivity contribution in [2.45, 2.75) is 58.8 Å². The van der Waals surface area contributed by atoms with Crippen LogP contribution in [0.3, 0.4) is 0 Å². The van der Waals surface area contributed by atoms with E-state index in [-0.39, 0.29) is 10.8 Å². The van der Waals surface area contributed by atoms with Gasteiger partial charge in [0.2, 0.25) is 0 Å². The molecule has 0 radical (unpaired) electrons. The molecule has 0 spiro atoms. The minimum atomic E-state index is -0.172. The van der Waals surface area contributed by atoms with Crippen molar-refractivity contribution in [3.8, 4) is 56.5 Å². The molecule has 0 aliphatic carbocycles. The summed E-state index contributed by atoms with van der Waals surface area (Å²) in [5.41, 5.74) is 7.85. The molecule has 224 valence electrons. The lowest BCUT2D eigenvalue weighted by Crippen LogP contribution is -2.21. The summed E-state index contributed by atoms with van der Waals surface area (Å²) in [5, 5.41) is 0. The first-order chi connectivity index (χ1) is 21.6. The monoisotopic (exact) mass is 589 g/mol. The zero-order valence-electron chi connectivity index (χ0n) is 26.9. The van der Waals surface area contributed by atoms with E-state index in [1.165, 1.54) is 0 Å². The van der Waals surface area contributed by atoms with Crippen LogP contribution in [0.2, 0.25) is 0 Å². The summed E-state index contributed by atoms with van der Waals surface area (Å²) >= 11 is 0. The number of aromatic nitrogens is 5. The van der Waals surface area contributed by atoms with Gasteiger partial charge >= 0.3 is 0 Å². The van der Waals surface area contributed by atoms with Gasteiger partial charge in [-0.15, -0.1) is 0 Å². The molecule has 6 rings (SSSR count). The molecule has 0 saturated heterocycles. The summed E-state index contributed by atoms with van der Waals surface area (Å²) in [5.74, 6) is 2.91. The van der Waals surface area contributed by atoms with Crippen LogP contribution in [-0.4, -0.2) is 24.9 Å². The van der Waals surface area contributed by atoms with Crippen molar-refractivity contribution in [2.75, 3.05) is 0 Å². The second-order valence-electron chi connectivity index (χ2n) is 13.1. The third kappa shape index (κ3) is 6.58. The molecule has 0 N–H and O–H groups in total. The van der Waals surface area contributed by atoms with Crippen molar-refractivity contribution in [3.63, 3.8) is 0 Å². The Balaban J connectivity index is 1.37. The Hall–Kier alpha value is -5.03. The van der Waals surface area contributed by atoms with Crippen LogP contribution in [0.25, 0.3) is 56.5 Å². The van der Waals surface area contributed by atoms with Crippen LogP contribution in [-0.2, 0) is 10.8 Å². The second kappa shape index (κ2) is 12.2. The Morgan fingerprint density at radius 1 is 0.444 bits per heavy atom. The van der Waals surface area contributed by atoms with Crippen LogP contribution in [0.1, 0.15) is 59.5 Å². The Labute approximate surface area is 266 Å². The van der Waals surface area contributed by atoms with Gasteiger partial charge in [0.05, 0.1) is 11.4 Å². The largest absolute Gasteiger partial charge is 0.232 e. The van der Waals surface area contributed by atoms with Crippen molar-refractivity contribution in [1.29, 1.82) is 0 Å². The Bertz CT molecular complexity index is 1920. The summed E-state index contributed by atoms with van der Waals surface area (Å²) in [6, 6.07) is 39.4. The smallest absolute Gasteiger partial charge is 0.163 e. The molecular formula is C40H39N5. The SMILES string of the molecule is CCC(C)(C)c1nc(-c2ccccc2)nc(-c2ccc(-c3cccc(-c4nc(-c5ccccc5)cc(C(C)(C)C)n4)c3)cc2)n1. The number of hydrogen-bond acceptors (Lipinski definition) is 5. The summed E-state index contributed by atoms with van der Waals surface area (Å²) in [7, 11) is 0. The highest BCUT2D eigenvalue weighted by Gasteiger charge is 2.24. The van der Waals surface area contributed by atoms with Crippen molar-refractivity contribution in [1.82, 2.24) is 24.9 Å². The molecule has 0 aliphatic rings. The molecule has 0 atom stereocenters. The zero-order chi connectivity index (χ0) is 31.6. The van der Waals surface area contributed by atoms with Gasteiger partial charge in [0.15, 0.2) is 17.5 Å². The van der Waals surface area contributed by atoms with E-state index in [4.69, 9.17) is 24.9 Å². The van der Waals surface area contributed by atoms with E-state index in [0.717, 1.165) is 62.8 Å². The van der Waals surface area contributed by atoms with Crippen LogP contribution >= 0.6 is 0 Å². The topological polar surface area (TPSA) is 64.5 Å². The van der Waals surface area contributed by atoms with E-state index in [1.54, 1.807) is 0 Å². The van der Waals surface area contributed by atoms with Gasteiger partial charge in [0.25, 0.3) is 0 Å². The highest BCUT2D eigenvalue weighted by atomic mass is 15.0. The summed E-state index contributed by atoms with van der Waals surface area (Å²) in [6.45, 7) is 13.1. The van der Waals surface area contributed by atoms with E-state index in [9.17, 15) is 0 Å².